The fraction of sp³-hybridized carbons (Fsp3) is 0.200. The molecule has 0 spiro atoms. The van der Waals surface area contributed by atoms with E-state index in [0.29, 0.717) is 11.7 Å². The second kappa shape index (κ2) is 5.76. The largest absolute Gasteiger partial charge is 0.378 e. The van der Waals surface area contributed by atoms with Crippen LogP contribution in [0.1, 0.15) is 5.69 Å². The molecule has 2 amide bonds. The molecule has 0 aliphatic carbocycles. The quantitative estimate of drug-likeness (QED) is 0.896. The summed E-state index contributed by atoms with van der Waals surface area (Å²) in [7, 11) is 1.61. The summed E-state index contributed by atoms with van der Waals surface area (Å²) < 4.78 is 4.95. The van der Waals surface area contributed by atoms with Crippen molar-refractivity contribution in [3.8, 4) is 0 Å². The minimum Gasteiger partial charge on any atom is -0.378 e. The molecule has 0 atom stereocenters. The first-order valence-corrected chi connectivity index (χ1v) is 6.63. The highest BCUT2D eigenvalue weighted by molar-refractivity contribution is 7.14. The van der Waals surface area contributed by atoms with Crippen LogP contribution in [-0.2, 0) is 11.3 Å². The third-order valence-corrected chi connectivity index (χ3v) is 3.33. The van der Waals surface area contributed by atoms with Gasteiger partial charge in [-0.15, -0.1) is 11.3 Å². The van der Waals surface area contributed by atoms with Gasteiger partial charge in [-0.3, -0.25) is 5.32 Å². The Bertz CT molecular complexity index is 481. The minimum absolute atomic E-state index is 0.290. The minimum atomic E-state index is -0.290. The highest BCUT2D eigenvalue weighted by atomic mass is 32.1. The van der Waals surface area contributed by atoms with E-state index in [1.807, 2.05) is 22.2 Å². The molecule has 2 heterocycles. The van der Waals surface area contributed by atoms with E-state index in [0.717, 1.165) is 11.4 Å². The number of methoxy groups -OCH3 is 1. The Morgan fingerprint density at radius 1 is 1.47 bits per heavy atom. The van der Waals surface area contributed by atoms with E-state index < -0.39 is 0 Å². The lowest BCUT2D eigenvalue weighted by Gasteiger charge is -2.02. The Morgan fingerprint density at radius 3 is 3.06 bits per heavy atom. The van der Waals surface area contributed by atoms with Crippen molar-refractivity contribution in [3.05, 3.63) is 27.9 Å². The summed E-state index contributed by atoms with van der Waals surface area (Å²) in [6.07, 6.45) is 0. The third-order valence-electron chi connectivity index (χ3n) is 1.84. The number of urea groups is 1. The summed E-state index contributed by atoms with van der Waals surface area (Å²) in [5.41, 5.74) is 1.59. The molecule has 0 aromatic carbocycles. The molecule has 2 N–H and O–H groups in total. The standard InChI is InChI=1S/C10H11N3O2S2/c1-15-4-8-6-17-10(12-8)13-9(14)11-7-2-3-16-5-7/h2-3,5-6H,4H2,1H3,(H2,11,12,13,14). The Morgan fingerprint density at radius 2 is 2.35 bits per heavy atom. The predicted molar refractivity (Wildman–Crippen MR) is 69.8 cm³/mol. The molecule has 2 aromatic heterocycles. The number of hydrogen-bond acceptors (Lipinski definition) is 5. The highest BCUT2D eigenvalue weighted by Gasteiger charge is 2.06. The number of anilines is 2. The lowest BCUT2D eigenvalue weighted by molar-refractivity contribution is 0.182. The first-order valence-electron chi connectivity index (χ1n) is 4.81. The summed E-state index contributed by atoms with van der Waals surface area (Å²) in [5.74, 6) is 0. The molecule has 0 fully saturated rings. The van der Waals surface area contributed by atoms with E-state index in [1.54, 1.807) is 7.11 Å². The number of carbonyl (C=O) groups is 1. The number of rotatable bonds is 4. The van der Waals surface area contributed by atoms with Crippen LogP contribution in [0, 0.1) is 0 Å². The number of nitrogens with zero attached hydrogens (tertiary/aromatic N) is 1. The molecular weight excluding hydrogens is 258 g/mol. The van der Waals surface area contributed by atoms with Crippen LogP contribution in [0.2, 0.25) is 0 Å². The van der Waals surface area contributed by atoms with Gasteiger partial charge in [0.2, 0.25) is 0 Å². The fourth-order valence-corrected chi connectivity index (χ4v) is 2.45. The topological polar surface area (TPSA) is 63.2 Å². The van der Waals surface area contributed by atoms with E-state index in [-0.39, 0.29) is 6.03 Å². The van der Waals surface area contributed by atoms with Crippen LogP contribution in [0.3, 0.4) is 0 Å². The van der Waals surface area contributed by atoms with Crippen LogP contribution in [0.15, 0.2) is 22.2 Å². The molecule has 0 saturated carbocycles. The molecule has 0 bridgehead atoms. The highest BCUT2D eigenvalue weighted by Crippen LogP contribution is 2.17. The third kappa shape index (κ3) is 3.52. The average molecular weight is 269 g/mol. The molecule has 0 aliphatic rings. The van der Waals surface area contributed by atoms with E-state index in [4.69, 9.17) is 4.74 Å². The smallest absolute Gasteiger partial charge is 0.325 e. The van der Waals surface area contributed by atoms with E-state index >= 15 is 0 Å². The second-order valence-electron chi connectivity index (χ2n) is 3.17. The normalized spacial score (nSPS) is 10.2. The van der Waals surface area contributed by atoms with Crippen LogP contribution in [0.5, 0.6) is 0 Å². The van der Waals surface area contributed by atoms with Gasteiger partial charge < -0.3 is 10.1 Å². The fourth-order valence-electron chi connectivity index (χ4n) is 1.17. The van der Waals surface area contributed by atoms with Crippen LogP contribution in [-0.4, -0.2) is 18.1 Å². The Labute approximate surface area is 106 Å². The zero-order valence-corrected chi connectivity index (χ0v) is 10.7. The van der Waals surface area contributed by atoms with Gasteiger partial charge in [0, 0.05) is 17.9 Å². The molecule has 2 rings (SSSR count). The summed E-state index contributed by atoms with van der Waals surface area (Å²) in [4.78, 5) is 15.8. The molecule has 2 aromatic rings. The number of carbonyl (C=O) groups excluding carboxylic acids is 1. The van der Waals surface area contributed by atoms with Crippen molar-refractivity contribution in [1.82, 2.24) is 4.98 Å². The van der Waals surface area contributed by atoms with E-state index in [1.165, 1.54) is 22.7 Å². The SMILES string of the molecule is COCc1csc(NC(=O)Nc2ccsc2)n1. The summed E-state index contributed by atoms with van der Waals surface area (Å²) in [6, 6.07) is 1.55. The van der Waals surface area contributed by atoms with Gasteiger partial charge >= 0.3 is 6.03 Å². The monoisotopic (exact) mass is 269 g/mol. The number of aromatic nitrogens is 1. The van der Waals surface area contributed by atoms with E-state index in [2.05, 4.69) is 15.6 Å². The summed E-state index contributed by atoms with van der Waals surface area (Å²) in [6.45, 7) is 0.449. The average Bonchev–Trinajstić information content (AvgIpc) is 2.91. The van der Waals surface area contributed by atoms with Crippen LogP contribution < -0.4 is 10.6 Å². The Balaban J connectivity index is 1.89. The molecule has 0 radical (unpaired) electrons. The lowest BCUT2D eigenvalue weighted by atomic mass is 10.5. The van der Waals surface area contributed by atoms with Gasteiger partial charge in [0.05, 0.1) is 18.0 Å². The summed E-state index contributed by atoms with van der Waals surface area (Å²) >= 11 is 2.90. The molecule has 0 unspecified atom stereocenters. The van der Waals surface area contributed by atoms with Crippen molar-refractivity contribution < 1.29 is 9.53 Å². The zero-order chi connectivity index (χ0) is 12.1. The van der Waals surface area contributed by atoms with Gasteiger partial charge in [0.25, 0.3) is 0 Å². The molecule has 0 aliphatic heterocycles. The number of ether oxygens (including phenoxy) is 1. The molecule has 7 heteroatoms. The van der Waals surface area contributed by atoms with Gasteiger partial charge in [-0.25, -0.2) is 9.78 Å². The van der Waals surface area contributed by atoms with Crippen molar-refractivity contribution >= 4 is 39.5 Å². The van der Waals surface area contributed by atoms with Crippen molar-refractivity contribution in [1.29, 1.82) is 0 Å². The van der Waals surface area contributed by atoms with Crippen molar-refractivity contribution in [2.75, 3.05) is 17.7 Å². The van der Waals surface area contributed by atoms with Crippen LogP contribution >= 0.6 is 22.7 Å². The van der Waals surface area contributed by atoms with E-state index in [9.17, 15) is 4.79 Å². The second-order valence-corrected chi connectivity index (χ2v) is 4.81. The maximum absolute atomic E-state index is 11.6. The van der Waals surface area contributed by atoms with Gasteiger partial charge in [-0.05, 0) is 11.4 Å². The molecule has 17 heavy (non-hydrogen) atoms. The Hall–Kier alpha value is -1.44. The number of hydrogen-bond donors (Lipinski definition) is 2. The lowest BCUT2D eigenvalue weighted by Crippen LogP contribution is -2.18. The van der Waals surface area contributed by atoms with Gasteiger partial charge in [-0.2, -0.15) is 11.3 Å². The summed E-state index contributed by atoms with van der Waals surface area (Å²) in [5, 5.41) is 11.5. The van der Waals surface area contributed by atoms with Crippen LogP contribution in [0.4, 0.5) is 15.6 Å². The van der Waals surface area contributed by atoms with Crippen LogP contribution in [0.25, 0.3) is 0 Å². The Kier molecular flexibility index (Phi) is 4.08. The van der Waals surface area contributed by atoms with Gasteiger partial charge in [0.1, 0.15) is 0 Å². The maximum Gasteiger partial charge on any atom is 0.325 e. The van der Waals surface area contributed by atoms with Crippen molar-refractivity contribution in [2.24, 2.45) is 0 Å². The number of amides is 2. The molecule has 90 valence electrons. The predicted octanol–water partition coefficient (Wildman–Crippen LogP) is 3.00. The van der Waals surface area contributed by atoms with Crippen molar-refractivity contribution in [2.45, 2.75) is 6.61 Å². The number of thiophene rings is 1. The first-order chi connectivity index (χ1) is 8.28. The molecule has 5 nitrogen and oxygen atoms in total. The first kappa shape index (κ1) is 12.0. The van der Waals surface area contributed by atoms with Gasteiger partial charge in [0.15, 0.2) is 5.13 Å². The van der Waals surface area contributed by atoms with Gasteiger partial charge in [-0.1, -0.05) is 0 Å². The number of nitrogens with one attached hydrogen (secondary N) is 2. The molecule has 0 saturated heterocycles. The number of thiazole rings is 1. The molecular formula is C10H11N3O2S2. The zero-order valence-electron chi connectivity index (χ0n) is 9.10. The van der Waals surface area contributed by atoms with Crippen molar-refractivity contribution in [3.63, 3.8) is 0 Å². The maximum atomic E-state index is 11.6.